The summed E-state index contributed by atoms with van der Waals surface area (Å²) < 4.78 is 0. The molecule has 0 radical (unpaired) electrons. The highest BCUT2D eigenvalue weighted by molar-refractivity contribution is 4.88. The SMILES string of the molecule is CCCCCCCCN1C=CN(C)C1.F. The monoisotopic (exact) mass is 216 g/mol. The summed E-state index contributed by atoms with van der Waals surface area (Å²) in [4.78, 5) is 4.61. The Labute approximate surface area is 93.3 Å². The first-order valence-corrected chi connectivity index (χ1v) is 5.95. The van der Waals surface area contributed by atoms with Crippen LogP contribution in [0.4, 0.5) is 4.70 Å². The maximum atomic E-state index is 2.39. The Kier molecular flexibility index (Phi) is 8.15. The van der Waals surface area contributed by atoms with Gasteiger partial charge in [-0.1, -0.05) is 39.0 Å². The quantitative estimate of drug-likeness (QED) is 0.603. The van der Waals surface area contributed by atoms with Gasteiger partial charge in [-0.3, -0.25) is 4.70 Å². The molecule has 2 nitrogen and oxygen atoms in total. The molecule has 0 N–H and O–H groups in total. The normalized spacial score (nSPS) is 14.5. The first-order valence-electron chi connectivity index (χ1n) is 5.95. The Bertz CT molecular complexity index is 171. The van der Waals surface area contributed by atoms with E-state index in [2.05, 4.69) is 36.2 Å². The lowest BCUT2D eigenvalue weighted by molar-refractivity contribution is 0.290. The standard InChI is InChI=1S/C12H24N2.FH/c1-3-4-5-6-7-8-9-14-11-10-13(2)12-14;/h10-11H,3-9,12H2,1-2H3;1H. The van der Waals surface area contributed by atoms with Crippen molar-refractivity contribution in [1.82, 2.24) is 9.80 Å². The van der Waals surface area contributed by atoms with Crippen LogP contribution in [0.5, 0.6) is 0 Å². The van der Waals surface area contributed by atoms with Crippen molar-refractivity contribution in [2.75, 3.05) is 20.3 Å². The fraction of sp³-hybridized carbons (Fsp3) is 0.833. The summed E-state index contributed by atoms with van der Waals surface area (Å²) in [5.41, 5.74) is 0. The van der Waals surface area contributed by atoms with Crippen LogP contribution in [0.3, 0.4) is 0 Å². The van der Waals surface area contributed by atoms with E-state index in [0.717, 1.165) is 6.67 Å². The molecule has 0 aliphatic carbocycles. The third kappa shape index (κ3) is 6.37. The molecule has 0 bridgehead atoms. The zero-order valence-corrected chi connectivity index (χ0v) is 10.1. The highest BCUT2D eigenvalue weighted by Crippen LogP contribution is 2.08. The van der Waals surface area contributed by atoms with Gasteiger partial charge in [-0.25, -0.2) is 0 Å². The number of nitrogens with zero attached hydrogens (tertiary/aromatic N) is 2. The Morgan fingerprint density at radius 3 is 2.27 bits per heavy atom. The van der Waals surface area contributed by atoms with Gasteiger partial charge in [0, 0.05) is 26.0 Å². The first-order chi connectivity index (χ1) is 6.83. The molecule has 1 aliphatic heterocycles. The molecule has 1 rings (SSSR count). The van der Waals surface area contributed by atoms with E-state index in [1.165, 1.54) is 45.1 Å². The summed E-state index contributed by atoms with van der Waals surface area (Å²) in [6.07, 6.45) is 12.7. The van der Waals surface area contributed by atoms with Gasteiger partial charge < -0.3 is 9.80 Å². The summed E-state index contributed by atoms with van der Waals surface area (Å²) in [7, 11) is 2.12. The van der Waals surface area contributed by atoms with Gasteiger partial charge >= 0.3 is 0 Å². The third-order valence-electron chi connectivity index (χ3n) is 2.74. The lowest BCUT2D eigenvalue weighted by Crippen LogP contribution is -2.23. The highest BCUT2D eigenvalue weighted by atomic mass is 19.0. The fourth-order valence-electron chi connectivity index (χ4n) is 1.83. The fourth-order valence-corrected chi connectivity index (χ4v) is 1.83. The molecule has 0 unspecified atom stereocenters. The Hall–Kier alpha value is -0.730. The average Bonchev–Trinajstić information content (AvgIpc) is 2.58. The maximum Gasteiger partial charge on any atom is 0.0890 e. The molecule has 0 aromatic heterocycles. The van der Waals surface area contributed by atoms with Crippen LogP contribution in [0.15, 0.2) is 12.4 Å². The van der Waals surface area contributed by atoms with Crippen molar-refractivity contribution < 1.29 is 4.70 Å². The Balaban J connectivity index is 0.00000196. The number of unbranched alkanes of at least 4 members (excludes halogenated alkanes) is 5. The van der Waals surface area contributed by atoms with E-state index in [4.69, 9.17) is 0 Å². The molecule has 0 amide bonds. The zero-order chi connectivity index (χ0) is 10.2. The lowest BCUT2D eigenvalue weighted by atomic mass is 10.1. The van der Waals surface area contributed by atoms with Crippen LogP contribution in [-0.4, -0.2) is 30.1 Å². The Morgan fingerprint density at radius 2 is 1.67 bits per heavy atom. The molecule has 0 aromatic carbocycles. The smallest absolute Gasteiger partial charge is 0.0890 e. The molecule has 0 atom stereocenters. The van der Waals surface area contributed by atoms with Crippen molar-refractivity contribution in [2.45, 2.75) is 45.4 Å². The molecule has 90 valence electrons. The molecular weight excluding hydrogens is 191 g/mol. The van der Waals surface area contributed by atoms with Crippen molar-refractivity contribution in [3.8, 4) is 0 Å². The van der Waals surface area contributed by atoms with Crippen molar-refractivity contribution >= 4 is 0 Å². The van der Waals surface area contributed by atoms with E-state index in [0.29, 0.717) is 0 Å². The first kappa shape index (κ1) is 14.3. The molecule has 1 heterocycles. The van der Waals surface area contributed by atoms with Gasteiger partial charge in [-0.15, -0.1) is 0 Å². The molecule has 0 aromatic rings. The van der Waals surface area contributed by atoms with Crippen molar-refractivity contribution in [2.24, 2.45) is 0 Å². The molecule has 3 heteroatoms. The average molecular weight is 216 g/mol. The maximum absolute atomic E-state index is 2.39. The van der Waals surface area contributed by atoms with Gasteiger partial charge in [0.25, 0.3) is 0 Å². The van der Waals surface area contributed by atoms with Crippen molar-refractivity contribution in [1.29, 1.82) is 0 Å². The highest BCUT2D eigenvalue weighted by Gasteiger charge is 2.06. The summed E-state index contributed by atoms with van der Waals surface area (Å²) in [6, 6.07) is 0. The molecular formula is C12H25FN2. The van der Waals surface area contributed by atoms with Crippen LogP contribution in [0.1, 0.15) is 45.4 Å². The van der Waals surface area contributed by atoms with Crippen LogP contribution in [-0.2, 0) is 0 Å². The lowest BCUT2D eigenvalue weighted by Gasteiger charge is -2.17. The van der Waals surface area contributed by atoms with Crippen LogP contribution in [0.2, 0.25) is 0 Å². The van der Waals surface area contributed by atoms with Crippen LogP contribution >= 0.6 is 0 Å². The second-order valence-corrected chi connectivity index (χ2v) is 4.28. The van der Waals surface area contributed by atoms with E-state index in [1.807, 2.05) is 0 Å². The number of hydrogen-bond acceptors (Lipinski definition) is 2. The van der Waals surface area contributed by atoms with Gasteiger partial charge in [0.05, 0.1) is 6.67 Å². The minimum atomic E-state index is 0. The van der Waals surface area contributed by atoms with E-state index in [-0.39, 0.29) is 4.70 Å². The summed E-state index contributed by atoms with van der Waals surface area (Å²) in [5.74, 6) is 0. The van der Waals surface area contributed by atoms with Gasteiger partial charge in [0.1, 0.15) is 0 Å². The number of halogens is 1. The van der Waals surface area contributed by atoms with E-state index >= 15 is 0 Å². The summed E-state index contributed by atoms with van der Waals surface area (Å²) in [5, 5.41) is 0. The minimum absolute atomic E-state index is 0. The largest absolute Gasteiger partial charge is 0.362 e. The van der Waals surface area contributed by atoms with Crippen LogP contribution in [0.25, 0.3) is 0 Å². The third-order valence-corrected chi connectivity index (χ3v) is 2.74. The number of rotatable bonds is 7. The van der Waals surface area contributed by atoms with Gasteiger partial charge in [-0.2, -0.15) is 0 Å². The van der Waals surface area contributed by atoms with E-state index < -0.39 is 0 Å². The van der Waals surface area contributed by atoms with Gasteiger partial charge in [0.2, 0.25) is 0 Å². The number of hydrogen-bond donors (Lipinski definition) is 0. The van der Waals surface area contributed by atoms with Crippen LogP contribution < -0.4 is 0 Å². The topological polar surface area (TPSA) is 6.48 Å². The van der Waals surface area contributed by atoms with Gasteiger partial charge in [0.15, 0.2) is 0 Å². The predicted molar refractivity (Wildman–Crippen MR) is 64.4 cm³/mol. The molecule has 0 saturated carbocycles. The molecule has 15 heavy (non-hydrogen) atoms. The van der Waals surface area contributed by atoms with Gasteiger partial charge in [-0.05, 0) is 6.42 Å². The van der Waals surface area contributed by atoms with Crippen LogP contribution in [0, 0.1) is 0 Å². The summed E-state index contributed by atoms with van der Waals surface area (Å²) in [6.45, 7) is 4.58. The summed E-state index contributed by atoms with van der Waals surface area (Å²) >= 11 is 0. The van der Waals surface area contributed by atoms with E-state index in [1.54, 1.807) is 0 Å². The zero-order valence-electron chi connectivity index (χ0n) is 10.1. The van der Waals surface area contributed by atoms with E-state index in [9.17, 15) is 0 Å². The molecule has 0 spiro atoms. The molecule has 0 fully saturated rings. The second-order valence-electron chi connectivity index (χ2n) is 4.28. The molecule has 1 aliphatic rings. The second kappa shape index (κ2) is 8.57. The molecule has 0 saturated heterocycles. The Morgan fingerprint density at radius 1 is 1.00 bits per heavy atom. The predicted octanol–water partition coefficient (Wildman–Crippen LogP) is 3.18. The van der Waals surface area contributed by atoms with Crippen molar-refractivity contribution in [3.63, 3.8) is 0 Å². The van der Waals surface area contributed by atoms with Crippen molar-refractivity contribution in [3.05, 3.63) is 12.4 Å². The minimum Gasteiger partial charge on any atom is -0.362 e.